The van der Waals surface area contributed by atoms with Gasteiger partial charge in [0.2, 0.25) is 5.82 Å². The lowest BCUT2D eigenvalue weighted by Crippen LogP contribution is -2.19. The van der Waals surface area contributed by atoms with Gasteiger partial charge in [0.1, 0.15) is 5.82 Å². The lowest BCUT2D eigenvalue weighted by Gasteiger charge is -2.18. The molecule has 0 spiro atoms. The van der Waals surface area contributed by atoms with E-state index in [1.807, 2.05) is 6.92 Å². The molecule has 0 fully saturated rings. The predicted octanol–water partition coefficient (Wildman–Crippen LogP) is 4.25. The lowest BCUT2D eigenvalue weighted by atomic mass is 10.1. The van der Waals surface area contributed by atoms with Crippen LogP contribution in [0.15, 0.2) is 12.1 Å². The van der Waals surface area contributed by atoms with E-state index in [9.17, 15) is 18.9 Å². The number of nitro benzene ring substituents is 1. The third-order valence-corrected chi connectivity index (χ3v) is 2.99. The summed E-state index contributed by atoms with van der Waals surface area (Å²) in [5.74, 6) is -1.97. The largest absolute Gasteiger partial charge is 0.380 e. The van der Waals surface area contributed by atoms with Crippen LogP contribution in [0, 0.1) is 21.7 Å². The molecule has 0 radical (unpaired) electrons. The maximum atomic E-state index is 13.6. The van der Waals surface area contributed by atoms with Crippen LogP contribution < -0.4 is 5.32 Å². The van der Waals surface area contributed by atoms with Gasteiger partial charge in [0.05, 0.1) is 10.6 Å². The van der Waals surface area contributed by atoms with Gasteiger partial charge in [-0.1, -0.05) is 26.7 Å². The van der Waals surface area contributed by atoms with E-state index in [0.29, 0.717) is 6.07 Å². The van der Waals surface area contributed by atoms with Gasteiger partial charge in [-0.2, -0.15) is 4.39 Å². The summed E-state index contributed by atoms with van der Waals surface area (Å²) in [6.45, 7) is 4.00. The van der Waals surface area contributed by atoms with E-state index in [1.54, 1.807) is 0 Å². The van der Waals surface area contributed by atoms with Crippen molar-refractivity contribution in [3.63, 3.8) is 0 Å². The van der Waals surface area contributed by atoms with Crippen molar-refractivity contribution in [1.29, 1.82) is 0 Å². The van der Waals surface area contributed by atoms with Gasteiger partial charge < -0.3 is 5.32 Å². The highest BCUT2D eigenvalue weighted by molar-refractivity contribution is 5.53. The highest BCUT2D eigenvalue weighted by atomic mass is 19.1. The molecule has 1 aromatic rings. The zero-order chi connectivity index (χ0) is 14.4. The molecule has 1 atom stereocenters. The summed E-state index contributed by atoms with van der Waals surface area (Å²) in [5, 5.41) is 13.5. The molecule has 0 saturated heterocycles. The van der Waals surface area contributed by atoms with Crippen LogP contribution in [0.4, 0.5) is 20.2 Å². The van der Waals surface area contributed by atoms with Gasteiger partial charge in [0, 0.05) is 18.2 Å². The zero-order valence-electron chi connectivity index (χ0n) is 11.1. The Balaban J connectivity index is 2.93. The van der Waals surface area contributed by atoms with E-state index in [-0.39, 0.29) is 11.7 Å². The summed E-state index contributed by atoms with van der Waals surface area (Å²) in [4.78, 5) is 9.77. The molecular formula is C13H18F2N2O2. The predicted molar refractivity (Wildman–Crippen MR) is 70.2 cm³/mol. The van der Waals surface area contributed by atoms with Crippen molar-refractivity contribution >= 4 is 11.4 Å². The zero-order valence-corrected chi connectivity index (χ0v) is 11.1. The number of anilines is 1. The van der Waals surface area contributed by atoms with Gasteiger partial charge in [-0.15, -0.1) is 0 Å². The first-order chi connectivity index (χ1) is 8.99. The fourth-order valence-electron chi connectivity index (χ4n) is 1.84. The third-order valence-electron chi connectivity index (χ3n) is 2.99. The molecule has 6 heteroatoms. The van der Waals surface area contributed by atoms with E-state index in [2.05, 4.69) is 12.2 Å². The highest BCUT2D eigenvalue weighted by Gasteiger charge is 2.19. The first-order valence-electron chi connectivity index (χ1n) is 6.39. The minimum absolute atomic E-state index is 0.0175. The van der Waals surface area contributed by atoms with Gasteiger partial charge in [-0.3, -0.25) is 10.1 Å². The van der Waals surface area contributed by atoms with Crippen LogP contribution in [-0.2, 0) is 0 Å². The molecule has 0 aliphatic carbocycles. The first-order valence-corrected chi connectivity index (χ1v) is 6.39. The number of nitro groups is 1. The van der Waals surface area contributed by atoms with Gasteiger partial charge in [-0.25, -0.2) is 4.39 Å². The molecule has 1 aromatic carbocycles. The van der Waals surface area contributed by atoms with Crippen molar-refractivity contribution in [1.82, 2.24) is 0 Å². The normalized spacial score (nSPS) is 12.2. The Labute approximate surface area is 111 Å². The Kier molecular flexibility index (Phi) is 5.66. The Morgan fingerprint density at radius 2 is 2.00 bits per heavy atom. The first kappa shape index (κ1) is 15.3. The molecule has 1 N–H and O–H groups in total. The number of hydrogen-bond donors (Lipinski definition) is 1. The average Bonchev–Trinajstić information content (AvgIpc) is 2.36. The van der Waals surface area contributed by atoms with Crippen LogP contribution in [-0.4, -0.2) is 11.0 Å². The average molecular weight is 272 g/mol. The van der Waals surface area contributed by atoms with Gasteiger partial charge in [0.15, 0.2) is 0 Å². The van der Waals surface area contributed by atoms with Crippen LogP contribution in [0.3, 0.4) is 0 Å². The van der Waals surface area contributed by atoms with Gasteiger partial charge in [-0.05, 0) is 12.8 Å². The molecule has 19 heavy (non-hydrogen) atoms. The highest BCUT2D eigenvalue weighted by Crippen LogP contribution is 2.26. The van der Waals surface area contributed by atoms with Crippen molar-refractivity contribution in [3.05, 3.63) is 33.9 Å². The Bertz CT molecular complexity index is 453. The van der Waals surface area contributed by atoms with Crippen molar-refractivity contribution in [2.75, 3.05) is 5.32 Å². The number of halogens is 2. The van der Waals surface area contributed by atoms with Gasteiger partial charge >= 0.3 is 5.69 Å². The maximum absolute atomic E-state index is 13.6. The quantitative estimate of drug-likeness (QED) is 0.596. The fourth-order valence-corrected chi connectivity index (χ4v) is 1.84. The number of rotatable bonds is 7. The fraction of sp³-hybridized carbons (Fsp3) is 0.538. The Hall–Kier alpha value is -1.72. The van der Waals surface area contributed by atoms with E-state index < -0.39 is 22.2 Å². The van der Waals surface area contributed by atoms with E-state index in [0.717, 1.165) is 31.7 Å². The number of hydrogen-bond acceptors (Lipinski definition) is 3. The Morgan fingerprint density at radius 1 is 1.32 bits per heavy atom. The number of nitrogens with zero attached hydrogens (tertiary/aromatic N) is 1. The monoisotopic (exact) mass is 272 g/mol. The van der Waals surface area contributed by atoms with E-state index in [4.69, 9.17) is 0 Å². The minimum Gasteiger partial charge on any atom is -0.380 e. The van der Waals surface area contributed by atoms with Crippen LogP contribution in [0.2, 0.25) is 0 Å². The van der Waals surface area contributed by atoms with Crippen molar-refractivity contribution in [3.8, 4) is 0 Å². The number of unbranched alkanes of at least 4 members (excludes halogenated alkanes) is 1. The smallest absolute Gasteiger partial charge is 0.307 e. The van der Waals surface area contributed by atoms with Crippen molar-refractivity contribution < 1.29 is 13.7 Å². The van der Waals surface area contributed by atoms with E-state index in [1.165, 1.54) is 0 Å². The van der Waals surface area contributed by atoms with Crippen molar-refractivity contribution in [2.45, 2.75) is 45.6 Å². The number of nitrogens with one attached hydrogen (secondary N) is 1. The second kappa shape index (κ2) is 7.01. The molecule has 0 heterocycles. The molecule has 1 rings (SSSR count). The Morgan fingerprint density at radius 3 is 2.53 bits per heavy atom. The van der Waals surface area contributed by atoms with Crippen LogP contribution in [0.5, 0.6) is 0 Å². The summed E-state index contributed by atoms with van der Waals surface area (Å²) in [7, 11) is 0. The molecule has 1 unspecified atom stereocenters. The van der Waals surface area contributed by atoms with Gasteiger partial charge in [0.25, 0.3) is 0 Å². The molecule has 0 aliphatic rings. The second-order valence-electron chi connectivity index (χ2n) is 4.43. The molecule has 0 bridgehead atoms. The summed E-state index contributed by atoms with van der Waals surface area (Å²) in [6.07, 6.45) is 3.61. The molecule has 106 valence electrons. The van der Waals surface area contributed by atoms with Crippen LogP contribution >= 0.6 is 0 Å². The van der Waals surface area contributed by atoms with Crippen LogP contribution in [0.1, 0.15) is 39.5 Å². The SMILES string of the molecule is CCCCC(CC)Nc1cc([N+](=O)[O-])c(F)cc1F. The standard InChI is InChI=1S/C13H18F2N2O2/c1-3-5-6-9(4-2)16-12-8-13(17(18)19)11(15)7-10(12)14/h7-9,16H,3-6H2,1-2H3. The second-order valence-corrected chi connectivity index (χ2v) is 4.43. The van der Waals surface area contributed by atoms with E-state index >= 15 is 0 Å². The molecule has 0 aromatic heterocycles. The topological polar surface area (TPSA) is 55.2 Å². The maximum Gasteiger partial charge on any atom is 0.307 e. The summed E-state index contributed by atoms with van der Waals surface area (Å²) in [5.41, 5.74) is -0.731. The molecule has 4 nitrogen and oxygen atoms in total. The lowest BCUT2D eigenvalue weighted by molar-refractivity contribution is -0.387. The molecular weight excluding hydrogens is 254 g/mol. The summed E-state index contributed by atoms with van der Waals surface area (Å²) >= 11 is 0. The summed E-state index contributed by atoms with van der Waals surface area (Å²) in [6, 6.07) is 1.49. The third kappa shape index (κ3) is 4.15. The molecule has 0 saturated carbocycles. The molecule has 0 aliphatic heterocycles. The minimum atomic E-state index is -1.16. The van der Waals surface area contributed by atoms with Crippen molar-refractivity contribution in [2.24, 2.45) is 0 Å². The van der Waals surface area contributed by atoms with Crippen LogP contribution in [0.25, 0.3) is 0 Å². The number of benzene rings is 1. The molecule has 0 amide bonds. The summed E-state index contributed by atoms with van der Waals surface area (Å²) < 4.78 is 26.8.